The van der Waals surface area contributed by atoms with Crippen LogP contribution in [0.2, 0.25) is 0 Å². The van der Waals surface area contributed by atoms with Crippen molar-refractivity contribution < 1.29 is 33.6 Å². The zero-order valence-electron chi connectivity index (χ0n) is 18.3. The van der Waals surface area contributed by atoms with E-state index in [4.69, 9.17) is 18.6 Å². The Hall–Kier alpha value is -4.46. The summed E-state index contributed by atoms with van der Waals surface area (Å²) in [6.45, 7) is 0. The van der Waals surface area contributed by atoms with Crippen LogP contribution in [0.4, 0.5) is 0 Å². The first kappa shape index (κ1) is 21.4. The fourth-order valence-electron chi connectivity index (χ4n) is 4.29. The number of aromatic hydroxyl groups is 2. The Morgan fingerprint density at radius 1 is 0.941 bits per heavy atom. The summed E-state index contributed by atoms with van der Waals surface area (Å²) in [6.07, 6.45) is 0.0112. The molecule has 1 aromatic heterocycles. The van der Waals surface area contributed by atoms with Gasteiger partial charge >= 0.3 is 5.97 Å². The summed E-state index contributed by atoms with van der Waals surface area (Å²) in [5.74, 6) is -0.287. The van der Waals surface area contributed by atoms with E-state index in [1.165, 1.54) is 25.3 Å². The number of ether oxygens (including phenoxy) is 3. The molecule has 0 radical (unpaired) electrons. The van der Waals surface area contributed by atoms with Gasteiger partial charge in [-0.15, -0.1) is 0 Å². The number of phenols is 2. The summed E-state index contributed by atoms with van der Waals surface area (Å²) in [7, 11) is 2.98. The Morgan fingerprint density at radius 2 is 1.76 bits per heavy atom. The number of benzene rings is 3. The average Bonchev–Trinajstić information content (AvgIpc) is 2.82. The largest absolute Gasteiger partial charge is 0.507 e. The number of phenolic OH excluding ortho intramolecular Hbond substituents is 2. The van der Waals surface area contributed by atoms with Crippen LogP contribution in [0.3, 0.4) is 0 Å². The minimum atomic E-state index is -0.503. The van der Waals surface area contributed by atoms with Crippen molar-refractivity contribution in [3.8, 4) is 40.1 Å². The predicted octanol–water partition coefficient (Wildman–Crippen LogP) is 4.33. The van der Waals surface area contributed by atoms with Gasteiger partial charge in [0.05, 0.1) is 20.6 Å². The standard InChI is InChI=1S/C26H20O8/c1-31-15-5-3-4-13(8-15)16-10-23(30)33-22-12-19(29)25-18(28)11-21(34-26(25)24(16)22)14-6-7-20(32-2)17(27)9-14/h3-9,11-12,16,27,29H,10H2,1-2H3. The summed E-state index contributed by atoms with van der Waals surface area (Å²) in [6, 6.07) is 14.3. The number of rotatable bonds is 4. The van der Waals surface area contributed by atoms with Gasteiger partial charge in [0.25, 0.3) is 0 Å². The lowest BCUT2D eigenvalue weighted by Crippen LogP contribution is -2.22. The number of hydrogen-bond acceptors (Lipinski definition) is 8. The van der Waals surface area contributed by atoms with Crippen LogP contribution in [0.5, 0.6) is 28.7 Å². The van der Waals surface area contributed by atoms with E-state index in [2.05, 4.69) is 0 Å². The molecule has 4 aromatic rings. The first-order chi connectivity index (χ1) is 16.4. The van der Waals surface area contributed by atoms with E-state index in [0.717, 1.165) is 5.56 Å². The van der Waals surface area contributed by atoms with Crippen molar-refractivity contribution in [3.63, 3.8) is 0 Å². The molecular weight excluding hydrogens is 440 g/mol. The summed E-state index contributed by atoms with van der Waals surface area (Å²) in [5.41, 5.74) is 1.29. The summed E-state index contributed by atoms with van der Waals surface area (Å²) in [5, 5.41) is 20.7. The van der Waals surface area contributed by atoms with Gasteiger partial charge < -0.3 is 28.8 Å². The Morgan fingerprint density at radius 3 is 2.50 bits per heavy atom. The van der Waals surface area contributed by atoms with Gasteiger partial charge in [-0.25, -0.2) is 0 Å². The van der Waals surface area contributed by atoms with Crippen molar-refractivity contribution in [2.45, 2.75) is 12.3 Å². The molecule has 2 N–H and O–H groups in total. The lowest BCUT2D eigenvalue weighted by atomic mass is 9.85. The van der Waals surface area contributed by atoms with Crippen LogP contribution in [0.25, 0.3) is 22.3 Å². The zero-order valence-corrected chi connectivity index (χ0v) is 18.3. The van der Waals surface area contributed by atoms with Gasteiger partial charge in [0.1, 0.15) is 34.0 Å². The first-order valence-corrected chi connectivity index (χ1v) is 10.4. The monoisotopic (exact) mass is 460 g/mol. The van der Waals surface area contributed by atoms with Crippen LogP contribution in [0.1, 0.15) is 23.5 Å². The molecule has 1 aliphatic rings. The van der Waals surface area contributed by atoms with Crippen molar-refractivity contribution in [1.82, 2.24) is 0 Å². The first-order valence-electron chi connectivity index (χ1n) is 10.4. The molecule has 1 unspecified atom stereocenters. The van der Waals surface area contributed by atoms with Gasteiger partial charge in [0.2, 0.25) is 0 Å². The Bertz CT molecular complexity index is 1500. The molecule has 34 heavy (non-hydrogen) atoms. The number of fused-ring (bicyclic) bond motifs is 3. The smallest absolute Gasteiger partial charge is 0.312 e. The molecule has 5 rings (SSSR count). The zero-order chi connectivity index (χ0) is 24.0. The molecule has 1 aliphatic heterocycles. The molecule has 0 amide bonds. The van der Waals surface area contributed by atoms with Gasteiger partial charge in [0, 0.05) is 29.2 Å². The quantitative estimate of drug-likeness (QED) is 0.342. The number of esters is 1. The number of hydrogen-bond donors (Lipinski definition) is 2. The maximum Gasteiger partial charge on any atom is 0.312 e. The van der Waals surface area contributed by atoms with E-state index in [9.17, 15) is 19.8 Å². The maximum absolute atomic E-state index is 13.1. The predicted molar refractivity (Wildman–Crippen MR) is 123 cm³/mol. The highest BCUT2D eigenvalue weighted by Crippen LogP contribution is 2.46. The molecule has 172 valence electrons. The molecule has 0 saturated carbocycles. The van der Waals surface area contributed by atoms with Gasteiger partial charge in [-0.05, 0) is 35.9 Å². The highest BCUT2D eigenvalue weighted by molar-refractivity contribution is 5.93. The van der Waals surface area contributed by atoms with Gasteiger partial charge in [-0.3, -0.25) is 9.59 Å². The van der Waals surface area contributed by atoms with Crippen molar-refractivity contribution in [2.24, 2.45) is 0 Å². The van der Waals surface area contributed by atoms with E-state index in [1.807, 2.05) is 6.07 Å². The average molecular weight is 460 g/mol. The number of carbonyl (C=O) groups excluding carboxylic acids is 1. The number of carbonyl (C=O) groups is 1. The Labute approximate surface area is 193 Å². The molecule has 1 atom stereocenters. The molecule has 8 nitrogen and oxygen atoms in total. The van der Waals surface area contributed by atoms with Gasteiger partial charge in [-0.2, -0.15) is 0 Å². The van der Waals surface area contributed by atoms with Crippen molar-refractivity contribution in [1.29, 1.82) is 0 Å². The van der Waals surface area contributed by atoms with E-state index in [1.54, 1.807) is 37.4 Å². The van der Waals surface area contributed by atoms with Gasteiger partial charge in [0.15, 0.2) is 16.9 Å². The van der Waals surface area contributed by atoms with Crippen LogP contribution in [-0.2, 0) is 4.79 Å². The van der Waals surface area contributed by atoms with E-state index in [-0.39, 0.29) is 46.1 Å². The third-order valence-corrected chi connectivity index (χ3v) is 5.88. The van der Waals surface area contributed by atoms with Crippen LogP contribution < -0.4 is 19.6 Å². The minimum Gasteiger partial charge on any atom is -0.507 e. The summed E-state index contributed by atoms with van der Waals surface area (Å²) in [4.78, 5) is 25.5. The highest BCUT2D eigenvalue weighted by Gasteiger charge is 2.33. The van der Waals surface area contributed by atoms with Crippen molar-refractivity contribution >= 4 is 16.9 Å². The fourth-order valence-corrected chi connectivity index (χ4v) is 4.29. The molecule has 0 fully saturated rings. The molecule has 0 saturated heterocycles. The Balaban J connectivity index is 1.79. The minimum absolute atomic E-state index is 0.0112. The summed E-state index contributed by atoms with van der Waals surface area (Å²) >= 11 is 0. The number of methoxy groups -OCH3 is 2. The second kappa shape index (κ2) is 8.15. The SMILES string of the molecule is COc1cccc(C2CC(=O)Oc3cc(O)c4c(=O)cc(-c5ccc(OC)c(O)c5)oc4c32)c1. The third-order valence-electron chi connectivity index (χ3n) is 5.88. The van der Waals surface area contributed by atoms with Crippen LogP contribution >= 0.6 is 0 Å². The topological polar surface area (TPSA) is 115 Å². The summed E-state index contributed by atoms with van der Waals surface area (Å²) < 4.78 is 22.0. The van der Waals surface area contributed by atoms with Crippen molar-refractivity contribution in [3.05, 3.63) is 75.9 Å². The van der Waals surface area contributed by atoms with Crippen LogP contribution in [-0.4, -0.2) is 30.4 Å². The molecule has 3 aromatic carbocycles. The van der Waals surface area contributed by atoms with Crippen molar-refractivity contribution in [2.75, 3.05) is 14.2 Å². The lowest BCUT2D eigenvalue weighted by Gasteiger charge is -2.26. The van der Waals surface area contributed by atoms with Crippen LogP contribution in [0, 0.1) is 0 Å². The highest BCUT2D eigenvalue weighted by atomic mass is 16.5. The van der Waals surface area contributed by atoms with Gasteiger partial charge in [-0.1, -0.05) is 12.1 Å². The molecule has 0 aliphatic carbocycles. The normalized spacial score (nSPS) is 15.0. The van der Waals surface area contributed by atoms with E-state index in [0.29, 0.717) is 16.9 Å². The second-order valence-electron chi connectivity index (χ2n) is 7.88. The molecule has 2 heterocycles. The van der Waals surface area contributed by atoms with Crippen LogP contribution in [0.15, 0.2) is 63.8 Å². The molecule has 8 heteroatoms. The third kappa shape index (κ3) is 3.49. The molecule has 0 spiro atoms. The molecule has 0 bridgehead atoms. The maximum atomic E-state index is 13.1. The molecular formula is C26H20O8. The van der Waals surface area contributed by atoms with E-state index < -0.39 is 17.3 Å². The lowest BCUT2D eigenvalue weighted by molar-refractivity contribution is -0.135. The second-order valence-corrected chi connectivity index (χ2v) is 7.88. The fraction of sp³-hybridized carbons (Fsp3) is 0.154. The van der Waals surface area contributed by atoms with E-state index >= 15 is 0 Å². The Kier molecular flexibility index (Phi) is 5.13.